The number of H-pyrrole nitrogens is 1. The van der Waals surface area contributed by atoms with Gasteiger partial charge >= 0.3 is 0 Å². The first-order valence-electron chi connectivity index (χ1n) is 3.21. The van der Waals surface area contributed by atoms with Crippen LogP contribution in [0.1, 0.15) is 31.0 Å². The monoisotopic (exact) mass is 124 g/mol. The van der Waals surface area contributed by atoms with Gasteiger partial charge in [-0.2, -0.15) is 5.10 Å². The Labute approximate surface area is 55.3 Å². The highest BCUT2D eigenvalue weighted by molar-refractivity contribution is 5.17. The fourth-order valence-corrected chi connectivity index (χ4v) is 0.942. The molecule has 0 radical (unpaired) electrons. The molecule has 1 N–H and O–H groups in total. The lowest BCUT2D eigenvalue weighted by Crippen LogP contribution is -1.86. The minimum atomic E-state index is 0.587. The van der Waals surface area contributed by atoms with Crippen molar-refractivity contribution in [3.8, 4) is 0 Å². The Morgan fingerprint density at radius 1 is 1.56 bits per heavy atom. The first kappa shape index (κ1) is 6.33. The molecule has 0 atom stereocenters. The highest BCUT2D eigenvalue weighted by Gasteiger charge is 2.02. The van der Waals surface area contributed by atoms with Gasteiger partial charge in [-0.1, -0.05) is 13.8 Å². The predicted molar refractivity (Wildman–Crippen MR) is 37.4 cm³/mol. The molecule has 2 heteroatoms. The van der Waals surface area contributed by atoms with Crippen LogP contribution in [0, 0.1) is 6.92 Å². The summed E-state index contributed by atoms with van der Waals surface area (Å²) in [6.45, 7) is 6.37. The molecular formula is C7H12N2. The van der Waals surface area contributed by atoms with Crippen molar-refractivity contribution in [2.75, 3.05) is 0 Å². The summed E-state index contributed by atoms with van der Waals surface area (Å²) in [7, 11) is 0. The van der Waals surface area contributed by atoms with Gasteiger partial charge in [-0.3, -0.25) is 5.10 Å². The van der Waals surface area contributed by atoms with E-state index < -0.39 is 0 Å². The van der Waals surface area contributed by atoms with E-state index in [-0.39, 0.29) is 0 Å². The molecule has 0 fully saturated rings. The number of nitrogens with zero attached hydrogens (tertiary/aromatic N) is 1. The summed E-state index contributed by atoms with van der Waals surface area (Å²) in [6.07, 6.45) is 1.89. The molecule has 2 nitrogen and oxygen atoms in total. The van der Waals surface area contributed by atoms with Crippen LogP contribution < -0.4 is 0 Å². The number of aromatic nitrogens is 2. The predicted octanol–water partition coefficient (Wildman–Crippen LogP) is 1.84. The van der Waals surface area contributed by atoms with Crippen LogP contribution >= 0.6 is 0 Å². The van der Waals surface area contributed by atoms with Gasteiger partial charge in [0.05, 0.1) is 6.20 Å². The molecule has 1 rings (SSSR count). The lowest BCUT2D eigenvalue weighted by molar-refractivity contribution is 0.857. The lowest BCUT2D eigenvalue weighted by atomic mass is 10.1. The van der Waals surface area contributed by atoms with Crippen molar-refractivity contribution in [3.05, 3.63) is 17.5 Å². The van der Waals surface area contributed by atoms with Crippen LogP contribution in [0.2, 0.25) is 0 Å². The summed E-state index contributed by atoms with van der Waals surface area (Å²) in [6, 6.07) is 0. The van der Waals surface area contributed by atoms with E-state index in [0.29, 0.717) is 5.92 Å². The van der Waals surface area contributed by atoms with E-state index in [1.54, 1.807) is 0 Å². The Hall–Kier alpha value is -0.790. The third-order valence-corrected chi connectivity index (χ3v) is 1.49. The average molecular weight is 124 g/mol. The molecule has 0 saturated heterocycles. The van der Waals surface area contributed by atoms with Crippen LogP contribution in [-0.4, -0.2) is 10.2 Å². The molecule has 1 heterocycles. The van der Waals surface area contributed by atoms with Crippen LogP contribution in [0.5, 0.6) is 0 Å². The highest BCUT2D eigenvalue weighted by atomic mass is 15.1. The van der Waals surface area contributed by atoms with Gasteiger partial charge in [-0.15, -0.1) is 0 Å². The summed E-state index contributed by atoms with van der Waals surface area (Å²) in [4.78, 5) is 0. The van der Waals surface area contributed by atoms with Crippen molar-refractivity contribution in [3.63, 3.8) is 0 Å². The first-order chi connectivity index (χ1) is 4.22. The van der Waals surface area contributed by atoms with E-state index in [9.17, 15) is 0 Å². The van der Waals surface area contributed by atoms with Gasteiger partial charge in [-0.05, 0) is 18.4 Å². The average Bonchev–Trinajstić information content (AvgIpc) is 2.13. The molecule has 0 amide bonds. The normalized spacial score (nSPS) is 10.7. The molecule has 0 spiro atoms. The molecule has 1 aromatic rings. The second kappa shape index (κ2) is 2.21. The van der Waals surface area contributed by atoms with Gasteiger partial charge in [0.1, 0.15) is 0 Å². The molecule has 0 unspecified atom stereocenters. The fourth-order valence-electron chi connectivity index (χ4n) is 0.942. The molecule has 0 aliphatic rings. The number of aromatic amines is 1. The molecule has 1 aromatic heterocycles. The Morgan fingerprint density at radius 3 is 2.44 bits per heavy atom. The van der Waals surface area contributed by atoms with Crippen LogP contribution in [0.25, 0.3) is 0 Å². The summed E-state index contributed by atoms with van der Waals surface area (Å²) >= 11 is 0. The fraction of sp³-hybridized carbons (Fsp3) is 0.571. The second-order valence-electron chi connectivity index (χ2n) is 2.61. The summed E-state index contributed by atoms with van der Waals surface area (Å²) < 4.78 is 0. The zero-order chi connectivity index (χ0) is 6.85. The van der Waals surface area contributed by atoms with Crippen molar-refractivity contribution in [1.82, 2.24) is 10.2 Å². The van der Waals surface area contributed by atoms with Gasteiger partial charge in [0.2, 0.25) is 0 Å². The van der Waals surface area contributed by atoms with Gasteiger partial charge in [0, 0.05) is 5.69 Å². The molecule has 0 aliphatic carbocycles. The zero-order valence-corrected chi connectivity index (χ0v) is 6.10. The minimum Gasteiger partial charge on any atom is -0.283 e. The molecule has 0 aromatic carbocycles. The molecule has 9 heavy (non-hydrogen) atoms. The second-order valence-corrected chi connectivity index (χ2v) is 2.61. The highest BCUT2D eigenvalue weighted by Crippen LogP contribution is 2.14. The first-order valence-corrected chi connectivity index (χ1v) is 3.21. The van der Waals surface area contributed by atoms with Gasteiger partial charge in [0.15, 0.2) is 0 Å². The van der Waals surface area contributed by atoms with E-state index in [1.165, 1.54) is 11.3 Å². The lowest BCUT2D eigenvalue weighted by Gasteiger charge is -1.99. The third-order valence-electron chi connectivity index (χ3n) is 1.49. The van der Waals surface area contributed by atoms with Crippen molar-refractivity contribution >= 4 is 0 Å². The molecular weight excluding hydrogens is 112 g/mol. The van der Waals surface area contributed by atoms with E-state index in [1.807, 2.05) is 13.1 Å². The van der Waals surface area contributed by atoms with Crippen molar-refractivity contribution < 1.29 is 0 Å². The maximum absolute atomic E-state index is 3.92. The van der Waals surface area contributed by atoms with E-state index in [0.717, 1.165) is 0 Å². The smallest absolute Gasteiger partial charge is 0.0524 e. The largest absolute Gasteiger partial charge is 0.283 e. The standard InChI is InChI=1S/C7H12N2/c1-5(2)7-4-8-9-6(7)3/h4-5H,1-3H3,(H,8,9). The zero-order valence-electron chi connectivity index (χ0n) is 6.10. The quantitative estimate of drug-likeness (QED) is 0.608. The van der Waals surface area contributed by atoms with E-state index in [4.69, 9.17) is 0 Å². The van der Waals surface area contributed by atoms with Crippen molar-refractivity contribution in [2.45, 2.75) is 26.7 Å². The van der Waals surface area contributed by atoms with Gasteiger partial charge < -0.3 is 0 Å². The van der Waals surface area contributed by atoms with Crippen LogP contribution in [-0.2, 0) is 0 Å². The summed E-state index contributed by atoms with van der Waals surface area (Å²) in [5.74, 6) is 0.587. The minimum absolute atomic E-state index is 0.587. The molecule has 50 valence electrons. The number of hydrogen-bond donors (Lipinski definition) is 1. The van der Waals surface area contributed by atoms with Crippen molar-refractivity contribution in [2.24, 2.45) is 0 Å². The third kappa shape index (κ3) is 1.12. The SMILES string of the molecule is Cc1[nH]ncc1C(C)C. The number of aryl methyl sites for hydroxylation is 1. The van der Waals surface area contributed by atoms with Crippen LogP contribution in [0.4, 0.5) is 0 Å². The van der Waals surface area contributed by atoms with Crippen LogP contribution in [0.3, 0.4) is 0 Å². The molecule has 0 saturated carbocycles. The Bertz CT molecular complexity index is 189. The summed E-state index contributed by atoms with van der Waals surface area (Å²) in [5, 5.41) is 6.82. The van der Waals surface area contributed by atoms with Gasteiger partial charge in [0.25, 0.3) is 0 Å². The van der Waals surface area contributed by atoms with E-state index in [2.05, 4.69) is 24.0 Å². The number of rotatable bonds is 1. The maximum Gasteiger partial charge on any atom is 0.0524 e. The van der Waals surface area contributed by atoms with Crippen molar-refractivity contribution in [1.29, 1.82) is 0 Å². The Balaban J connectivity index is 2.94. The van der Waals surface area contributed by atoms with Crippen LogP contribution in [0.15, 0.2) is 6.20 Å². The van der Waals surface area contributed by atoms with E-state index >= 15 is 0 Å². The van der Waals surface area contributed by atoms with Gasteiger partial charge in [-0.25, -0.2) is 0 Å². The topological polar surface area (TPSA) is 28.7 Å². The number of nitrogens with one attached hydrogen (secondary N) is 1. The Morgan fingerprint density at radius 2 is 2.22 bits per heavy atom. The molecule has 0 aliphatic heterocycles. The number of hydrogen-bond acceptors (Lipinski definition) is 1. The summed E-state index contributed by atoms with van der Waals surface area (Å²) in [5.41, 5.74) is 2.50. The molecule has 0 bridgehead atoms. The maximum atomic E-state index is 3.92. The Kier molecular flexibility index (Phi) is 1.56.